The average molecular weight is 359 g/mol. The number of benzene rings is 1. The van der Waals surface area contributed by atoms with E-state index in [4.69, 9.17) is 5.11 Å². The fraction of sp³-hybridized carbons (Fsp3) is 0.154. The van der Waals surface area contributed by atoms with E-state index in [0.717, 1.165) is 9.35 Å². The molecule has 19 heavy (non-hydrogen) atoms. The van der Waals surface area contributed by atoms with Crippen LogP contribution in [0.4, 0.5) is 0 Å². The number of carboxylic acid groups (broad SMARTS) is 1. The molecule has 1 N–H and O–H groups in total. The number of hydrogen-bond donors (Lipinski definition) is 1. The molecule has 0 saturated heterocycles. The summed E-state index contributed by atoms with van der Waals surface area (Å²) in [5, 5.41) is 11.0. The normalized spacial score (nSPS) is 12.3. The third kappa shape index (κ3) is 3.52. The fourth-order valence-electron chi connectivity index (χ4n) is 1.62. The van der Waals surface area contributed by atoms with Crippen molar-refractivity contribution in [1.82, 2.24) is 0 Å². The number of hydrogen-bond acceptors (Lipinski definition) is 3. The fourth-order valence-corrected chi connectivity index (χ4v) is 4.42. The topological polar surface area (TPSA) is 54.4 Å². The minimum atomic E-state index is -1.23. The first-order valence-corrected chi connectivity index (χ1v) is 8.42. The van der Waals surface area contributed by atoms with Crippen molar-refractivity contribution in [3.05, 3.63) is 50.1 Å². The maximum atomic E-state index is 12.2. The lowest BCUT2D eigenvalue weighted by atomic mass is 10.1. The standard InChI is InChI=1S/C13H11BrO3S2/c1-8-2-3-11(5-12(8)13(15)16)19(17)7-10-4-9(14)6-18-10/h2-6H,7H2,1H3,(H,15,16). The van der Waals surface area contributed by atoms with E-state index in [1.54, 1.807) is 19.1 Å². The second-order valence-electron chi connectivity index (χ2n) is 4.00. The first-order valence-electron chi connectivity index (χ1n) is 5.42. The van der Waals surface area contributed by atoms with Crippen LogP contribution < -0.4 is 0 Å². The van der Waals surface area contributed by atoms with Crippen LogP contribution in [0.2, 0.25) is 0 Å². The van der Waals surface area contributed by atoms with Gasteiger partial charge in [-0.15, -0.1) is 11.3 Å². The highest BCUT2D eigenvalue weighted by molar-refractivity contribution is 9.10. The second kappa shape index (κ2) is 5.98. The van der Waals surface area contributed by atoms with Gasteiger partial charge in [0.2, 0.25) is 0 Å². The molecule has 100 valence electrons. The van der Waals surface area contributed by atoms with E-state index in [1.807, 2.05) is 11.4 Å². The molecule has 0 saturated carbocycles. The zero-order valence-corrected chi connectivity index (χ0v) is 13.3. The lowest BCUT2D eigenvalue weighted by Gasteiger charge is -2.05. The average Bonchev–Trinajstić information content (AvgIpc) is 2.74. The summed E-state index contributed by atoms with van der Waals surface area (Å²) in [5.41, 5.74) is 0.880. The van der Waals surface area contributed by atoms with E-state index >= 15 is 0 Å². The predicted octanol–water partition coefficient (Wildman–Crippen LogP) is 3.83. The van der Waals surface area contributed by atoms with Crippen LogP contribution in [0.5, 0.6) is 0 Å². The predicted molar refractivity (Wildman–Crippen MR) is 80.3 cm³/mol. The molecular formula is C13H11BrO3S2. The van der Waals surface area contributed by atoms with Gasteiger partial charge in [-0.25, -0.2) is 4.79 Å². The molecule has 3 nitrogen and oxygen atoms in total. The van der Waals surface area contributed by atoms with E-state index in [-0.39, 0.29) is 5.56 Å². The molecule has 0 aliphatic rings. The van der Waals surface area contributed by atoms with Crippen molar-refractivity contribution in [2.45, 2.75) is 17.6 Å². The van der Waals surface area contributed by atoms with Gasteiger partial charge >= 0.3 is 5.97 Å². The van der Waals surface area contributed by atoms with E-state index in [1.165, 1.54) is 17.4 Å². The number of carbonyl (C=O) groups is 1. The minimum absolute atomic E-state index is 0.207. The van der Waals surface area contributed by atoms with Crippen molar-refractivity contribution < 1.29 is 14.1 Å². The Bertz CT molecular complexity index is 649. The van der Waals surface area contributed by atoms with Crippen molar-refractivity contribution in [2.24, 2.45) is 0 Å². The van der Waals surface area contributed by atoms with Crippen LogP contribution in [0.15, 0.2) is 39.0 Å². The number of halogens is 1. The largest absolute Gasteiger partial charge is 0.478 e. The number of carboxylic acids is 1. The zero-order valence-electron chi connectivity index (χ0n) is 10.1. The highest BCUT2D eigenvalue weighted by Crippen LogP contribution is 2.23. The maximum Gasteiger partial charge on any atom is 0.335 e. The highest BCUT2D eigenvalue weighted by atomic mass is 79.9. The van der Waals surface area contributed by atoms with Gasteiger partial charge in [0.25, 0.3) is 0 Å². The number of aryl methyl sites for hydroxylation is 1. The Balaban J connectivity index is 2.24. The third-order valence-corrected chi connectivity index (χ3v) is 5.83. The van der Waals surface area contributed by atoms with Crippen LogP contribution in [0.3, 0.4) is 0 Å². The number of thiophene rings is 1. The molecule has 0 radical (unpaired) electrons. The molecule has 0 fully saturated rings. The van der Waals surface area contributed by atoms with Crippen molar-refractivity contribution in [1.29, 1.82) is 0 Å². The van der Waals surface area contributed by atoms with Gasteiger partial charge in [-0.2, -0.15) is 0 Å². The quantitative estimate of drug-likeness (QED) is 0.903. The Hall–Kier alpha value is -0.980. The van der Waals surface area contributed by atoms with E-state index in [9.17, 15) is 9.00 Å². The summed E-state index contributed by atoms with van der Waals surface area (Å²) in [5.74, 6) is -0.589. The summed E-state index contributed by atoms with van der Waals surface area (Å²) >= 11 is 4.88. The Morgan fingerprint density at radius 3 is 2.74 bits per heavy atom. The van der Waals surface area contributed by atoms with E-state index < -0.39 is 16.8 Å². The Morgan fingerprint density at radius 2 is 2.16 bits per heavy atom. The second-order valence-corrected chi connectivity index (χ2v) is 7.37. The summed E-state index contributed by atoms with van der Waals surface area (Å²) in [6, 6.07) is 6.84. The lowest BCUT2D eigenvalue weighted by Crippen LogP contribution is -2.02. The summed E-state index contributed by atoms with van der Waals surface area (Å²) in [6.45, 7) is 1.73. The smallest absolute Gasteiger partial charge is 0.335 e. The summed E-state index contributed by atoms with van der Waals surface area (Å²) in [7, 11) is -1.23. The molecule has 0 bridgehead atoms. The number of rotatable bonds is 4. The first kappa shape index (κ1) is 14.4. The molecule has 0 aliphatic heterocycles. The summed E-state index contributed by atoms with van der Waals surface area (Å²) < 4.78 is 13.2. The van der Waals surface area contributed by atoms with Crippen molar-refractivity contribution in [2.75, 3.05) is 0 Å². The molecule has 0 amide bonds. The molecule has 1 heterocycles. The molecule has 2 rings (SSSR count). The summed E-state index contributed by atoms with van der Waals surface area (Å²) in [6.07, 6.45) is 0. The molecular weight excluding hydrogens is 348 g/mol. The van der Waals surface area contributed by atoms with Crippen LogP contribution in [0.1, 0.15) is 20.8 Å². The highest BCUT2D eigenvalue weighted by Gasteiger charge is 2.12. The van der Waals surface area contributed by atoms with Gasteiger partial charge < -0.3 is 5.11 Å². The Morgan fingerprint density at radius 1 is 1.42 bits per heavy atom. The molecule has 6 heteroatoms. The molecule has 1 aromatic carbocycles. The van der Waals surface area contributed by atoms with Crippen molar-refractivity contribution in [3.63, 3.8) is 0 Å². The van der Waals surface area contributed by atoms with Gasteiger partial charge in [0.1, 0.15) is 0 Å². The van der Waals surface area contributed by atoms with Crippen LogP contribution in [-0.4, -0.2) is 15.3 Å². The van der Waals surface area contributed by atoms with Crippen molar-refractivity contribution in [3.8, 4) is 0 Å². The SMILES string of the molecule is Cc1ccc(S(=O)Cc2cc(Br)cs2)cc1C(=O)O. The Kier molecular flexibility index (Phi) is 4.54. The van der Waals surface area contributed by atoms with Crippen LogP contribution >= 0.6 is 27.3 Å². The molecule has 0 spiro atoms. The van der Waals surface area contributed by atoms with Gasteiger partial charge in [-0.05, 0) is 46.6 Å². The molecule has 1 atom stereocenters. The number of aromatic carboxylic acids is 1. The summed E-state index contributed by atoms with van der Waals surface area (Å²) in [4.78, 5) is 12.6. The van der Waals surface area contributed by atoms with Gasteiger partial charge in [0, 0.05) is 19.6 Å². The van der Waals surface area contributed by atoms with Crippen LogP contribution in [0, 0.1) is 6.92 Å². The molecule has 2 aromatic rings. The lowest BCUT2D eigenvalue weighted by molar-refractivity contribution is 0.0696. The van der Waals surface area contributed by atoms with Crippen LogP contribution in [-0.2, 0) is 16.6 Å². The van der Waals surface area contributed by atoms with Gasteiger partial charge in [-0.3, -0.25) is 4.21 Å². The molecule has 1 unspecified atom stereocenters. The monoisotopic (exact) mass is 358 g/mol. The Labute approximate surface area is 125 Å². The molecule has 1 aromatic heterocycles. The van der Waals surface area contributed by atoms with E-state index in [2.05, 4.69) is 15.9 Å². The van der Waals surface area contributed by atoms with Gasteiger partial charge in [-0.1, -0.05) is 6.07 Å². The first-order chi connectivity index (χ1) is 8.97. The zero-order chi connectivity index (χ0) is 14.0. The van der Waals surface area contributed by atoms with Gasteiger partial charge in [0.15, 0.2) is 0 Å². The third-order valence-electron chi connectivity index (χ3n) is 2.60. The van der Waals surface area contributed by atoms with Gasteiger partial charge in [0.05, 0.1) is 22.1 Å². The minimum Gasteiger partial charge on any atom is -0.478 e. The maximum absolute atomic E-state index is 12.2. The van der Waals surface area contributed by atoms with E-state index in [0.29, 0.717) is 16.2 Å². The van der Waals surface area contributed by atoms with Crippen molar-refractivity contribution >= 4 is 44.0 Å². The van der Waals surface area contributed by atoms with Crippen LogP contribution in [0.25, 0.3) is 0 Å². The molecule has 0 aliphatic carbocycles.